The Bertz CT molecular complexity index is 392. The van der Waals surface area contributed by atoms with Crippen molar-refractivity contribution in [1.29, 1.82) is 0 Å². The van der Waals surface area contributed by atoms with Crippen molar-refractivity contribution in [3.8, 4) is 0 Å². The zero-order valence-corrected chi connectivity index (χ0v) is 12.0. The van der Waals surface area contributed by atoms with Gasteiger partial charge in [0.05, 0.1) is 0 Å². The largest absolute Gasteiger partial charge is 0.314 e. The van der Waals surface area contributed by atoms with Crippen molar-refractivity contribution >= 4 is 22.0 Å². The van der Waals surface area contributed by atoms with Crippen LogP contribution in [0, 0.1) is 0 Å². The maximum atomic E-state index is 3.60. The van der Waals surface area contributed by atoms with Crippen LogP contribution in [0.3, 0.4) is 0 Å². The van der Waals surface area contributed by atoms with E-state index < -0.39 is 0 Å². The van der Waals surface area contributed by atoms with Crippen molar-refractivity contribution in [1.82, 2.24) is 5.32 Å². The Labute approximate surface area is 112 Å². The summed E-state index contributed by atoms with van der Waals surface area (Å²) in [6.45, 7) is 3.42. The molecule has 1 N–H and O–H groups in total. The number of piperidine rings is 1. The Balaban J connectivity index is 1.99. The van der Waals surface area contributed by atoms with E-state index in [-0.39, 0.29) is 0 Å². The van der Waals surface area contributed by atoms with Crippen molar-refractivity contribution < 1.29 is 0 Å². The highest BCUT2D eigenvalue weighted by Crippen LogP contribution is 2.21. The first-order valence-corrected chi connectivity index (χ1v) is 7.20. The minimum absolute atomic E-state index is 0.683. The van der Waals surface area contributed by atoms with E-state index in [2.05, 4.69) is 58.5 Å². The van der Waals surface area contributed by atoms with Gasteiger partial charge >= 0.3 is 0 Å². The van der Waals surface area contributed by atoms with Crippen LogP contribution in [0.15, 0.2) is 34.3 Å². The molecule has 17 heavy (non-hydrogen) atoms. The molecule has 0 radical (unpaired) electrons. The highest BCUT2D eigenvalue weighted by Gasteiger charge is 2.12. The van der Waals surface area contributed by atoms with Gasteiger partial charge in [0.1, 0.15) is 0 Å². The van der Waals surface area contributed by atoms with Gasteiger partial charge in [-0.2, -0.15) is 0 Å². The lowest BCUT2D eigenvalue weighted by Crippen LogP contribution is -2.33. The van der Waals surface area contributed by atoms with Gasteiger partial charge in [-0.1, -0.05) is 52.2 Å². The molecule has 1 heterocycles. The van der Waals surface area contributed by atoms with Gasteiger partial charge in [-0.25, -0.2) is 0 Å². The average molecular weight is 294 g/mol. The van der Waals surface area contributed by atoms with Gasteiger partial charge in [0.15, 0.2) is 0 Å². The number of hydrogen-bond acceptors (Lipinski definition) is 1. The van der Waals surface area contributed by atoms with Crippen LogP contribution in [0.25, 0.3) is 6.08 Å². The lowest BCUT2D eigenvalue weighted by Gasteiger charge is -2.23. The first-order chi connectivity index (χ1) is 8.25. The third kappa shape index (κ3) is 3.97. The number of hydrogen-bond donors (Lipinski definition) is 1. The maximum absolute atomic E-state index is 3.60. The summed E-state index contributed by atoms with van der Waals surface area (Å²) >= 11 is 3.59. The van der Waals surface area contributed by atoms with Gasteiger partial charge in [-0.05, 0) is 44.4 Å². The SMILES string of the molecule is C/C(=C/c1ccccc1Br)CC1CCCCN1. The Kier molecular flexibility index (Phi) is 4.81. The van der Waals surface area contributed by atoms with Crippen LogP contribution >= 0.6 is 15.9 Å². The number of benzene rings is 1. The van der Waals surface area contributed by atoms with Gasteiger partial charge < -0.3 is 5.32 Å². The summed E-state index contributed by atoms with van der Waals surface area (Å²) in [6, 6.07) is 9.07. The predicted molar refractivity (Wildman–Crippen MR) is 78.1 cm³/mol. The minimum atomic E-state index is 0.683. The van der Waals surface area contributed by atoms with Gasteiger partial charge in [0.25, 0.3) is 0 Å². The number of rotatable bonds is 3. The summed E-state index contributed by atoms with van der Waals surface area (Å²) < 4.78 is 1.18. The van der Waals surface area contributed by atoms with Crippen LogP contribution in [-0.4, -0.2) is 12.6 Å². The molecule has 1 nitrogen and oxygen atoms in total. The maximum Gasteiger partial charge on any atom is 0.0247 e. The van der Waals surface area contributed by atoms with E-state index in [1.54, 1.807) is 0 Å². The third-order valence-electron chi connectivity index (χ3n) is 3.29. The normalized spacial score (nSPS) is 21.5. The van der Waals surface area contributed by atoms with E-state index in [9.17, 15) is 0 Å². The second-order valence-electron chi connectivity index (χ2n) is 4.86. The first kappa shape index (κ1) is 12.8. The zero-order valence-electron chi connectivity index (χ0n) is 10.4. The molecule has 1 saturated heterocycles. The Morgan fingerprint density at radius 3 is 2.94 bits per heavy atom. The molecule has 92 valence electrons. The average Bonchev–Trinajstić information content (AvgIpc) is 2.33. The lowest BCUT2D eigenvalue weighted by atomic mass is 9.97. The second-order valence-corrected chi connectivity index (χ2v) is 5.72. The minimum Gasteiger partial charge on any atom is -0.314 e. The summed E-state index contributed by atoms with van der Waals surface area (Å²) in [7, 11) is 0. The molecule has 0 amide bonds. The molecule has 1 fully saturated rings. The Hall–Kier alpha value is -0.600. The molecular formula is C15H20BrN. The topological polar surface area (TPSA) is 12.0 Å². The monoisotopic (exact) mass is 293 g/mol. The van der Waals surface area contributed by atoms with Crippen LogP contribution < -0.4 is 5.32 Å². The van der Waals surface area contributed by atoms with E-state index >= 15 is 0 Å². The molecular weight excluding hydrogens is 274 g/mol. The van der Waals surface area contributed by atoms with E-state index in [0.29, 0.717) is 6.04 Å². The molecule has 0 spiro atoms. The fourth-order valence-corrected chi connectivity index (χ4v) is 2.80. The van der Waals surface area contributed by atoms with E-state index in [1.807, 2.05) is 0 Å². The highest BCUT2D eigenvalue weighted by atomic mass is 79.9. The highest BCUT2D eigenvalue weighted by molar-refractivity contribution is 9.10. The smallest absolute Gasteiger partial charge is 0.0247 e. The Morgan fingerprint density at radius 1 is 1.41 bits per heavy atom. The zero-order chi connectivity index (χ0) is 12.1. The molecule has 2 heteroatoms. The van der Waals surface area contributed by atoms with Gasteiger partial charge in [-0.3, -0.25) is 0 Å². The quantitative estimate of drug-likeness (QED) is 0.872. The predicted octanol–water partition coefficient (Wildman–Crippen LogP) is 4.38. The van der Waals surface area contributed by atoms with Crippen molar-refractivity contribution in [2.24, 2.45) is 0 Å². The van der Waals surface area contributed by atoms with Gasteiger partial charge in [0, 0.05) is 10.5 Å². The number of halogens is 1. The first-order valence-electron chi connectivity index (χ1n) is 6.41. The molecule has 1 aromatic rings. The molecule has 1 unspecified atom stereocenters. The molecule has 0 bridgehead atoms. The molecule has 2 rings (SSSR count). The number of nitrogens with one attached hydrogen (secondary N) is 1. The van der Waals surface area contributed by atoms with E-state index in [4.69, 9.17) is 0 Å². The van der Waals surface area contributed by atoms with Crippen LogP contribution in [0.1, 0.15) is 38.2 Å². The summed E-state index contributed by atoms with van der Waals surface area (Å²) in [5.74, 6) is 0. The van der Waals surface area contributed by atoms with Crippen molar-refractivity contribution in [2.45, 2.75) is 38.6 Å². The van der Waals surface area contributed by atoms with Crippen LogP contribution in [-0.2, 0) is 0 Å². The summed E-state index contributed by atoms with van der Waals surface area (Å²) in [5, 5.41) is 3.60. The molecule has 0 aromatic heterocycles. The van der Waals surface area contributed by atoms with Gasteiger partial charge in [0.2, 0.25) is 0 Å². The molecule has 1 aliphatic rings. The Morgan fingerprint density at radius 2 is 2.24 bits per heavy atom. The third-order valence-corrected chi connectivity index (χ3v) is 4.01. The fraction of sp³-hybridized carbons (Fsp3) is 0.467. The molecule has 0 saturated carbocycles. The molecule has 0 aliphatic carbocycles. The molecule has 1 aliphatic heterocycles. The second kappa shape index (κ2) is 6.36. The van der Waals surface area contributed by atoms with Crippen molar-refractivity contribution in [2.75, 3.05) is 6.54 Å². The standard InChI is InChI=1S/C15H20BrN/c1-12(11-14-7-4-5-9-17-14)10-13-6-2-3-8-15(13)16/h2-3,6,8,10,14,17H,4-5,7,9,11H2,1H3/b12-10-. The summed E-state index contributed by atoms with van der Waals surface area (Å²) in [6.07, 6.45) is 7.49. The van der Waals surface area contributed by atoms with Crippen molar-refractivity contribution in [3.05, 3.63) is 39.9 Å². The van der Waals surface area contributed by atoms with Gasteiger partial charge in [-0.15, -0.1) is 0 Å². The summed E-state index contributed by atoms with van der Waals surface area (Å²) in [5.41, 5.74) is 2.73. The molecule has 1 aromatic carbocycles. The lowest BCUT2D eigenvalue weighted by molar-refractivity contribution is 0.399. The van der Waals surface area contributed by atoms with Crippen molar-refractivity contribution in [3.63, 3.8) is 0 Å². The fourth-order valence-electron chi connectivity index (χ4n) is 2.40. The van der Waals surface area contributed by atoms with E-state index in [1.165, 1.54) is 47.8 Å². The van der Waals surface area contributed by atoms with Crippen LogP contribution in [0.4, 0.5) is 0 Å². The van der Waals surface area contributed by atoms with Crippen LogP contribution in [0.5, 0.6) is 0 Å². The summed E-state index contributed by atoms with van der Waals surface area (Å²) in [4.78, 5) is 0. The van der Waals surface area contributed by atoms with Crippen LogP contribution in [0.2, 0.25) is 0 Å². The van der Waals surface area contributed by atoms with E-state index in [0.717, 1.165) is 0 Å². The molecule has 1 atom stereocenters.